The van der Waals surface area contributed by atoms with Crippen LogP contribution in [0, 0.1) is 15.9 Å². The van der Waals surface area contributed by atoms with Gasteiger partial charge >= 0.3 is 5.69 Å². The highest BCUT2D eigenvalue weighted by atomic mass is 32.1. The quantitative estimate of drug-likeness (QED) is 0.428. The maximum Gasteiger partial charge on any atom is 0.324 e. The summed E-state index contributed by atoms with van der Waals surface area (Å²) >= 11 is 4.02. The van der Waals surface area contributed by atoms with Gasteiger partial charge in [0.2, 0.25) is 0 Å². The number of nitrogens with zero attached hydrogens (tertiary/aromatic N) is 2. The molecule has 0 saturated carbocycles. The first-order chi connectivity index (χ1) is 10.5. The van der Waals surface area contributed by atoms with Gasteiger partial charge in [-0.2, -0.15) is 0 Å². The molecule has 0 spiro atoms. The topological polar surface area (TPSA) is 82.0 Å². The van der Waals surface area contributed by atoms with E-state index in [0.29, 0.717) is 10.9 Å². The molecule has 1 aromatic heterocycles. The second-order valence-corrected chi connectivity index (χ2v) is 5.12. The Kier molecular flexibility index (Phi) is 3.42. The first-order valence-corrected chi connectivity index (χ1v) is 6.74. The Morgan fingerprint density at radius 1 is 1.14 bits per heavy atom. The zero-order valence-corrected chi connectivity index (χ0v) is 12.0. The second kappa shape index (κ2) is 5.27. The number of benzene rings is 2. The maximum absolute atomic E-state index is 13.0. The number of hydrogen-bond acceptors (Lipinski definition) is 5. The van der Waals surface area contributed by atoms with Gasteiger partial charge in [-0.3, -0.25) is 10.1 Å². The maximum atomic E-state index is 13.0. The zero-order valence-electron chi connectivity index (χ0n) is 11.2. The van der Waals surface area contributed by atoms with E-state index >= 15 is 0 Å². The molecule has 2 N–H and O–H groups in total. The van der Waals surface area contributed by atoms with Crippen LogP contribution in [0.2, 0.25) is 0 Å². The Morgan fingerprint density at radius 2 is 1.77 bits per heavy atom. The van der Waals surface area contributed by atoms with Crippen molar-refractivity contribution in [3.05, 3.63) is 58.4 Å². The van der Waals surface area contributed by atoms with Gasteiger partial charge in [-0.25, -0.2) is 9.37 Å². The third-order valence-corrected chi connectivity index (χ3v) is 3.65. The van der Waals surface area contributed by atoms with Crippen molar-refractivity contribution in [1.29, 1.82) is 0 Å². The number of nitrogens with two attached hydrogens (primary N) is 1. The van der Waals surface area contributed by atoms with Crippen LogP contribution in [-0.4, -0.2) is 9.91 Å². The molecule has 22 heavy (non-hydrogen) atoms. The fraction of sp³-hybridized carbons (Fsp3) is 0. The Bertz CT molecular complexity index is 897. The van der Waals surface area contributed by atoms with Gasteiger partial charge in [0.05, 0.1) is 10.4 Å². The van der Waals surface area contributed by atoms with Crippen LogP contribution in [-0.2, 0) is 0 Å². The van der Waals surface area contributed by atoms with E-state index in [1.807, 2.05) is 0 Å². The number of nitrogen functional groups attached to an aromatic ring is 1. The normalized spacial score (nSPS) is 10.8. The minimum atomic E-state index is -0.603. The molecule has 0 radical (unpaired) electrons. The summed E-state index contributed by atoms with van der Waals surface area (Å²) in [5, 5.41) is 11.5. The lowest BCUT2D eigenvalue weighted by molar-refractivity contribution is -0.387. The van der Waals surface area contributed by atoms with Crippen LogP contribution in [0.5, 0.6) is 0 Å². The Morgan fingerprint density at radius 3 is 2.41 bits per heavy atom. The van der Waals surface area contributed by atoms with Crippen LogP contribution in [0.3, 0.4) is 0 Å². The van der Waals surface area contributed by atoms with Crippen molar-refractivity contribution in [2.45, 2.75) is 5.03 Å². The van der Waals surface area contributed by atoms with Gasteiger partial charge in [-0.05, 0) is 35.4 Å². The number of anilines is 1. The summed E-state index contributed by atoms with van der Waals surface area (Å²) in [5.41, 5.74) is 7.66. The molecule has 110 valence electrons. The fourth-order valence-corrected chi connectivity index (χ4v) is 2.58. The Hall–Kier alpha value is -2.67. The molecule has 0 aliphatic heterocycles. The number of fused-ring (bicyclic) bond motifs is 1. The van der Waals surface area contributed by atoms with Crippen LogP contribution in [0.25, 0.3) is 22.0 Å². The molecule has 0 bridgehead atoms. The lowest BCUT2D eigenvalue weighted by atomic mass is 10.0. The van der Waals surface area contributed by atoms with Crippen molar-refractivity contribution in [2.24, 2.45) is 0 Å². The van der Waals surface area contributed by atoms with Crippen LogP contribution in [0.15, 0.2) is 47.5 Å². The monoisotopic (exact) mass is 315 g/mol. The van der Waals surface area contributed by atoms with E-state index in [9.17, 15) is 14.5 Å². The third-order valence-electron chi connectivity index (χ3n) is 3.34. The number of rotatable bonds is 2. The van der Waals surface area contributed by atoms with E-state index in [1.165, 1.54) is 12.1 Å². The Labute approximate surface area is 130 Å². The molecule has 0 saturated heterocycles. The van der Waals surface area contributed by atoms with Crippen molar-refractivity contribution in [3.8, 4) is 11.1 Å². The summed E-state index contributed by atoms with van der Waals surface area (Å²) in [4.78, 5) is 14.6. The van der Waals surface area contributed by atoms with E-state index in [-0.39, 0.29) is 22.2 Å². The van der Waals surface area contributed by atoms with Crippen molar-refractivity contribution in [2.75, 3.05) is 5.73 Å². The van der Waals surface area contributed by atoms with Gasteiger partial charge < -0.3 is 5.73 Å². The molecular formula is C15H10FN3O2S. The number of hydrogen-bond donors (Lipinski definition) is 2. The summed E-state index contributed by atoms with van der Waals surface area (Å²) in [7, 11) is 0. The number of pyridine rings is 1. The molecule has 0 fully saturated rings. The minimum absolute atomic E-state index is 0.0176. The van der Waals surface area contributed by atoms with Crippen LogP contribution in [0.4, 0.5) is 15.8 Å². The highest BCUT2D eigenvalue weighted by Gasteiger charge is 2.21. The van der Waals surface area contributed by atoms with Crippen molar-refractivity contribution < 1.29 is 9.31 Å². The van der Waals surface area contributed by atoms with E-state index < -0.39 is 4.92 Å². The molecule has 0 aliphatic carbocycles. The SMILES string of the molecule is Nc1c([N+](=O)[O-])c(S)nc2ccc(-c3ccc(F)cc3)cc12. The summed E-state index contributed by atoms with van der Waals surface area (Å²) in [6.07, 6.45) is 0. The summed E-state index contributed by atoms with van der Waals surface area (Å²) in [6.45, 7) is 0. The molecule has 7 heteroatoms. The molecule has 0 amide bonds. The van der Waals surface area contributed by atoms with Crippen molar-refractivity contribution in [3.63, 3.8) is 0 Å². The first kappa shape index (κ1) is 14.3. The highest BCUT2D eigenvalue weighted by molar-refractivity contribution is 7.80. The predicted octanol–water partition coefficient (Wildman–Crippen LogP) is 3.82. The van der Waals surface area contributed by atoms with Crippen molar-refractivity contribution in [1.82, 2.24) is 4.98 Å². The zero-order chi connectivity index (χ0) is 15.9. The highest BCUT2D eigenvalue weighted by Crippen LogP contribution is 2.36. The van der Waals surface area contributed by atoms with Gasteiger partial charge in [-0.1, -0.05) is 18.2 Å². The van der Waals surface area contributed by atoms with Crippen LogP contribution in [0.1, 0.15) is 0 Å². The average molecular weight is 315 g/mol. The van der Waals surface area contributed by atoms with Gasteiger partial charge in [-0.15, -0.1) is 12.6 Å². The van der Waals surface area contributed by atoms with Gasteiger partial charge in [0.25, 0.3) is 0 Å². The molecule has 0 aliphatic rings. The Balaban J connectivity index is 2.24. The van der Waals surface area contributed by atoms with Crippen LogP contribution < -0.4 is 5.73 Å². The third kappa shape index (κ3) is 2.35. The lowest BCUT2D eigenvalue weighted by Crippen LogP contribution is -2.00. The predicted molar refractivity (Wildman–Crippen MR) is 85.5 cm³/mol. The molecule has 5 nitrogen and oxygen atoms in total. The van der Waals surface area contributed by atoms with E-state index in [0.717, 1.165) is 11.1 Å². The van der Waals surface area contributed by atoms with Gasteiger partial charge in [0, 0.05) is 5.39 Å². The standard InChI is InChI=1S/C15H10FN3O2S/c16-10-4-1-8(2-5-10)9-3-6-12-11(7-9)13(17)14(19(20)21)15(22)18-12/h1-7H,(H3,17,18,22). The molecule has 0 unspecified atom stereocenters. The average Bonchev–Trinajstić information content (AvgIpc) is 2.47. The van der Waals surface area contributed by atoms with E-state index in [2.05, 4.69) is 17.6 Å². The summed E-state index contributed by atoms with van der Waals surface area (Å²) in [5.74, 6) is -0.332. The largest absolute Gasteiger partial charge is 0.393 e. The lowest BCUT2D eigenvalue weighted by Gasteiger charge is -2.08. The van der Waals surface area contributed by atoms with Gasteiger partial charge in [0.15, 0.2) is 5.03 Å². The van der Waals surface area contributed by atoms with Gasteiger partial charge in [0.1, 0.15) is 11.5 Å². The van der Waals surface area contributed by atoms with Crippen LogP contribution >= 0.6 is 12.6 Å². The van der Waals surface area contributed by atoms with E-state index in [1.54, 1.807) is 30.3 Å². The number of halogens is 1. The summed E-state index contributed by atoms with van der Waals surface area (Å²) < 4.78 is 13.0. The number of thiol groups is 1. The molecular weight excluding hydrogens is 305 g/mol. The van der Waals surface area contributed by atoms with Crippen molar-refractivity contribution >= 4 is 34.9 Å². The first-order valence-electron chi connectivity index (χ1n) is 6.30. The molecule has 2 aromatic carbocycles. The molecule has 0 atom stereocenters. The van der Waals surface area contributed by atoms with E-state index in [4.69, 9.17) is 5.73 Å². The minimum Gasteiger partial charge on any atom is -0.393 e. The number of aromatic nitrogens is 1. The molecule has 3 aromatic rings. The summed E-state index contributed by atoms with van der Waals surface area (Å²) in [6, 6.07) is 11.1. The number of nitro groups is 1. The molecule has 1 heterocycles. The fourth-order valence-electron chi connectivity index (χ4n) is 2.27. The second-order valence-electron chi connectivity index (χ2n) is 4.69. The smallest absolute Gasteiger partial charge is 0.324 e. The molecule has 3 rings (SSSR count).